The molecule has 1 unspecified atom stereocenters. The minimum absolute atomic E-state index is 0.0956. The van der Waals surface area contributed by atoms with E-state index in [1.165, 1.54) is 0 Å². The molecule has 84 valence electrons. The molecule has 2 aliphatic rings. The monoisotopic (exact) mass is 228 g/mol. The summed E-state index contributed by atoms with van der Waals surface area (Å²) in [5, 5.41) is 3.25. The van der Waals surface area contributed by atoms with Crippen molar-refractivity contribution in [3.63, 3.8) is 0 Å². The zero-order chi connectivity index (χ0) is 11.0. The van der Waals surface area contributed by atoms with Gasteiger partial charge in [-0.25, -0.2) is 0 Å². The second-order valence-corrected chi connectivity index (χ2v) is 5.29. The number of likely N-dealkylation sites (N-methyl/N-ethyl adjacent to an activating group) is 1. The van der Waals surface area contributed by atoms with Gasteiger partial charge in [-0.3, -0.25) is 9.59 Å². The van der Waals surface area contributed by atoms with Crippen LogP contribution in [0, 0.1) is 0 Å². The first kappa shape index (κ1) is 11.0. The zero-order valence-electron chi connectivity index (χ0n) is 9.03. The molecule has 2 aliphatic heterocycles. The van der Waals surface area contributed by atoms with Gasteiger partial charge in [0.1, 0.15) is 6.04 Å². The highest BCUT2D eigenvalue weighted by Gasteiger charge is 2.44. The maximum absolute atomic E-state index is 12.1. The molecule has 0 bridgehead atoms. The van der Waals surface area contributed by atoms with E-state index in [9.17, 15) is 9.59 Å². The van der Waals surface area contributed by atoms with Crippen molar-refractivity contribution < 1.29 is 9.59 Å². The molecule has 4 nitrogen and oxygen atoms in total. The predicted octanol–water partition coefficient (Wildman–Crippen LogP) is 0.227. The summed E-state index contributed by atoms with van der Waals surface area (Å²) in [5.74, 6) is 0.969. The van der Waals surface area contributed by atoms with Crippen LogP contribution in [0.1, 0.15) is 19.8 Å². The van der Waals surface area contributed by atoms with Gasteiger partial charge in [0, 0.05) is 5.75 Å². The molecule has 15 heavy (non-hydrogen) atoms. The molecule has 2 saturated heterocycles. The molecule has 2 heterocycles. The third-order valence-corrected chi connectivity index (χ3v) is 4.52. The summed E-state index contributed by atoms with van der Waals surface area (Å²) in [5.41, 5.74) is 0. The molecule has 0 aliphatic carbocycles. The molecular formula is C10H16N2O2S. The average Bonchev–Trinajstić information content (AvgIpc) is 2.63. The van der Waals surface area contributed by atoms with Gasteiger partial charge in [-0.15, -0.1) is 11.8 Å². The smallest absolute Gasteiger partial charge is 0.241 e. The van der Waals surface area contributed by atoms with E-state index in [1.54, 1.807) is 30.6 Å². The van der Waals surface area contributed by atoms with E-state index >= 15 is 0 Å². The van der Waals surface area contributed by atoms with Gasteiger partial charge >= 0.3 is 0 Å². The van der Waals surface area contributed by atoms with E-state index in [2.05, 4.69) is 5.32 Å². The van der Waals surface area contributed by atoms with E-state index < -0.39 is 0 Å². The Bertz CT molecular complexity index is 295. The van der Waals surface area contributed by atoms with Gasteiger partial charge in [0.2, 0.25) is 5.91 Å². The molecule has 0 aromatic rings. The zero-order valence-corrected chi connectivity index (χ0v) is 9.84. The SMILES string of the molecule is CNC1CC[C@H]2SC[C@H](C(C)=O)N2C1=O. The first-order chi connectivity index (χ1) is 7.15. The number of amides is 1. The lowest BCUT2D eigenvalue weighted by Gasteiger charge is -2.36. The molecule has 2 rings (SSSR count). The van der Waals surface area contributed by atoms with Crippen molar-refractivity contribution in [1.82, 2.24) is 10.2 Å². The molecule has 0 radical (unpaired) electrons. The highest BCUT2D eigenvalue weighted by molar-refractivity contribution is 8.00. The normalized spacial score (nSPS) is 35.5. The summed E-state index contributed by atoms with van der Waals surface area (Å²) in [6.07, 6.45) is 1.87. The van der Waals surface area contributed by atoms with Crippen molar-refractivity contribution in [2.75, 3.05) is 12.8 Å². The first-order valence-electron chi connectivity index (χ1n) is 5.26. The van der Waals surface area contributed by atoms with Crippen molar-refractivity contribution in [2.45, 2.75) is 37.2 Å². The Kier molecular flexibility index (Phi) is 3.02. The number of ketones is 1. The summed E-state index contributed by atoms with van der Waals surface area (Å²) in [6.45, 7) is 1.57. The van der Waals surface area contributed by atoms with Crippen LogP contribution in [0.3, 0.4) is 0 Å². The van der Waals surface area contributed by atoms with Crippen LogP contribution in [0.5, 0.6) is 0 Å². The Balaban J connectivity index is 2.18. The minimum Gasteiger partial charge on any atom is -0.318 e. The molecule has 1 N–H and O–H groups in total. The van der Waals surface area contributed by atoms with Gasteiger partial charge in [-0.2, -0.15) is 0 Å². The molecule has 2 fully saturated rings. The highest BCUT2D eigenvalue weighted by Crippen LogP contribution is 2.36. The van der Waals surface area contributed by atoms with Gasteiger partial charge in [0.15, 0.2) is 5.78 Å². The topological polar surface area (TPSA) is 49.4 Å². The Hall–Kier alpha value is -0.550. The lowest BCUT2D eigenvalue weighted by atomic mass is 10.0. The van der Waals surface area contributed by atoms with Gasteiger partial charge in [-0.1, -0.05) is 0 Å². The minimum atomic E-state index is -0.191. The number of rotatable bonds is 2. The number of carbonyl (C=O) groups is 2. The average molecular weight is 228 g/mol. The van der Waals surface area contributed by atoms with Crippen LogP contribution in [-0.2, 0) is 9.59 Å². The molecule has 5 heteroatoms. The number of nitrogens with zero attached hydrogens (tertiary/aromatic N) is 1. The Morgan fingerprint density at radius 3 is 2.87 bits per heavy atom. The number of nitrogens with one attached hydrogen (secondary N) is 1. The van der Waals surface area contributed by atoms with Gasteiger partial charge in [0.25, 0.3) is 0 Å². The largest absolute Gasteiger partial charge is 0.318 e. The van der Waals surface area contributed by atoms with Gasteiger partial charge in [0.05, 0.1) is 11.4 Å². The molecule has 0 aromatic heterocycles. The van der Waals surface area contributed by atoms with Crippen LogP contribution in [0.15, 0.2) is 0 Å². The first-order valence-corrected chi connectivity index (χ1v) is 6.31. The number of hydrogen-bond donors (Lipinski definition) is 1. The molecule has 0 saturated carbocycles. The third-order valence-electron chi connectivity index (χ3n) is 3.17. The second-order valence-electron chi connectivity index (χ2n) is 4.08. The fourth-order valence-electron chi connectivity index (χ4n) is 2.28. The number of fused-ring (bicyclic) bond motifs is 1. The van der Waals surface area contributed by atoms with Crippen LogP contribution in [-0.4, -0.2) is 46.8 Å². The van der Waals surface area contributed by atoms with Crippen LogP contribution in [0.2, 0.25) is 0 Å². The number of thioether (sulfide) groups is 1. The van der Waals surface area contributed by atoms with Gasteiger partial charge in [-0.05, 0) is 26.8 Å². The van der Waals surface area contributed by atoms with Crippen LogP contribution in [0.25, 0.3) is 0 Å². The van der Waals surface area contributed by atoms with E-state index in [4.69, 9.17) is 0 Å². The van der Waals surface area contributed by atoms with E-state index in [0.29, 0.717) is 0 Å². The van der Waals surface area contributed by atoms with Crippen molar-refractivity contribution in [2.24, 2.45) is 0 Å². The van der Waals surface area contributed by atoms with Gasteiger partial charge < -0.3 is 10.2 Å². The van der Waals surface area contributed by atoms with Crippen LogP contribution in [0.4, 0.5) is 0 Å². The summed E-state index contributed by atoms with van der Waals surface area (Å²) in [7, 11) is 1.80. The molecule has 3 atom stereocenters. The Morgan fingerprint density at radius 2 is 2.27 bits per heavy atom. The number of hydrogen-bond acceptors (Lipinski definition) is 4. The van der Waals surface area contributed by atoms with Crippen molar-refractivity contribution in [1.29, 1.82) is 0 Å². The predicted molar refractivity (Wildman–Crippen MR) is 59.6 cm³/mol. The standard InChI is InChI=1S/C10H16N2O2S/c1-6(13)8-5-15-9-4-3-7(11-2)10(14)12(8)9/h7-9,11H,3-5H2,1-2H3/t7?,8-,9-/m1/s1. The fourth-order valence-corrected chi connectivity index (χ4v) is 3.79. The second kappa shape index (κ2) is 4.14. The lowest BCUT2D eigenvalue weighted by molar-refractivity contribution is -0.142. The molecule has 0 aromatic carbocycles. The number of carbonyl (C=O) groups excluding carboxylic acids is 2. The Morgan fingerprint density at radius 1 is 1.53 bits per heavy atom. The van der Waals surface area contributed by atoms with Crippen molar-refractivity contribution in [3.8, 4) is 0 Å². The van der Waals surface area contributed by atoms with Crippen LogP contribution >= 0.6 is 11.8 Å². The molecule has 1 amide bonds. The maximum Gasteiger partial charge on any atom is 0.241 e. The summed E-state index contributed by atoms with van der Waals surface area (Å²) >= 11 is 1.74. The maximum atomic E-state index is 12.1. The van der Waals surface area contributed by atoms with Crippen molar-refractivity contribution in [3.05, 3.63) is 0 Å². The molecule has 0 spiro atoms. The fraction of sp³-hybridized carbons (Fsp3) is 0.800. The third kappa shape index (κ3) is 1.78. The van der Waals surface area contributed by atoms with Crippen molar-refractivity contribution >= 4 is 23.5 Å². The quantitative estimate of drug-likeness (QED) is 0.735. The molecular weight excluding hydrogens is 212 g/mol. The summed E-state index contributed by atoms with van der Waals surface area (Å²) in [6, 6.07) is -0.287. The summed E-state index contributed by atoms with van der Waals surface area (Å²) in [4.78, 5) is 25.3. The van der Waals surface area contributed by atoms with E-state index in [1.807, 2.05) is 0 Å². The lowest BCUT2D eigenvalue weighted by Crippen LogP contribution is -2.55. The Labute approximate surface area is 93.8 Å². The van der Waals surface area contributed by atoms with E-state index in [0.717, 1.165) is 18.6 Å². The highest BCUT2D eigenvalue weighted by atomic mass is 32.2. The van der Waals surface area contributed by atoms with Crippen LogP contribution < -0.4 is 5.32 Å². The van der Waals surface area contributed by atoms with E-state index in [-0.39, 0.29) is 29.1 Å². The number of Topliss-reactive ketones (excluding diaryl/α,β-unsaturated/α-hetero) is 1. The number of piperidine rings is 1. The summed E-state index contributed by atoms with van der Waals surface area (Å²) < 4.78 is 0.